The van der Waals surface area contributed by atoms with Crippen molar-refractivity contribution in [3.63, 3.8) is 0 Å². The minimum absolute atomic E-state index is 0.0855. The van der Waals surface area contributed by atoms with Crippen LogP contribution in [0, 0.1) is 5.82 Å². The Bertz CT molecular complexity index is 1240. The van der Waals surface area contributed by atoms with Crippen molar-refractivity contribution in [2.75, 3.05) is 7.11 Å². The zero-order chi connectivity index (χ0) is 21.8. The van der Waals surface area contributed by atoms with Crippen LogP contribution in [0.1, 0.15) is 15.9 Å². The molecule has 4 aromatic rings. The summed E-state index contributed by atoms with van der Waals surface area (Å²) in [6, 6.07) is 19.2. The van der Waals surface area contributed by atoms with Crippen molar-refractivity contribution in [3.8, 4) is 28.4 Å². The number of halogens is 2. The van der Waals surface area contributed by atoms with E-state index < -0.39 is 11.7 Å². The summed E-state index contributed by atoms with van der Waals surface area (Å²) in [6.45, 7) is 0.238. The highest BCUT2D eigenvalue weighted by atomic mass is 35.5. The normalized spacial score (nSPS) is 10.7. The molecule has 5 nitrogen and oxygen atoms in total. The van der Waals surface area contributed by atoms with Crippen molar-refractivity contribution in [3.05, 3.63) is 94.9 Å². The van der Waals surface area contributed by atoms with Crippen LogP contribution in [0.3, 0.4) is 0 Å². The molecule has 0 bridgehead atoms. The van der Waals surface area contributed by atoms with E-state index in [9.17, 15) is 9.18 Å². The third-order valence-electron chi connectivity index (χ3n) is 4.78. The van der Waals surface area contributed by atoms with E-state index >= 15 is 0 Å². The average Bonchev–Trinajstić information content (AvgIpc) is 3.30. The van der Waals surface area contributed by atoms with Crippen LogP contribution in [0.4, 0.5) is 4.39 Å². The Balaban J connectivity index is 1.49. The molecule has 1 aromatic heterocycles. The molecule has 4 rings (SSSR count). The predicted molar refractivity (Wildman–Crippen MR) is 119 cm³/mol. The lowest BCUT2D eigenvalue weighted by Gasteiger charge is -2.08. The molecule has 0 radical (unpaired) electrons. The van der Waals surface area contributed by atoms with Crippen molar-refractivity contribution in [2.24, 2.45) is 0 Å². The van der Waals surface area contributed by atoms with Gasteiger partial charge in [0.15, 0.2) is 0 Å². The van der Waals surface area contributed by atoms with E-state index in [1.54, 1.807) is 13.3 Å². The Kier molecular flexibility index (Phi) is 6.00. The number of hydrogen-bond donors (Lipinski definition) is 2. The van der Waals surface area contributed by atoms with Gasteiger partial charge in [-0.15, -0.1) is 0 Å². The number of hydrogen-bond acceptors (Lipinski definition) is 3. The predicted octanol–water partition coefficient (Wildman–Crippen LogP) is 5.47. The van der Waals surface area contributed by atoms with Crippen molar-refractivity contribution in [2.45, 2.75) is 6.54 Å². The Morgan fingerprint density at radius 1 is 1.10 bits per heavy atom. The number of imidazole rings is 1. The summed E-state index contributed by atoms with van der Waals surface area (Å²) in [5, 5.41) is 3.03. The van der Waals surface area contributed by atoms with E-state index in [1.807, 2.05) is 48.5 Å². The molecule has 0 saturated carbocycles. The fraction of sp³-hybridized carbons (Fsp3) is 0.0833. The van der Waals surface area contributed by atoms with Gasteiger partial charge in [0.1, 0.15) is 17.4 Å². The Hall–Kier alpha value is -3.64. The smallest absolute Gasteiger partial charge is 0.254 e. The highest BCUT2D eigenvalue weighted by Crippen LogP contribution is 2.25. The van der Waals surface area contributed by atoms with Crippen LogP contribution < -0.4 is 10.1 Å². The molecule has 1 amide bonds. The monoisotopic (exact) mass is 435 g/mol. The van der Waals surface area contributed by atoms with Crippen LogP contribution in [0.25, 0.3) is 22.6 Å². The first-order valence-electron chi connectivity index (χ1n) is 9.55. The first kappa shape index (κ1) is 20.6. The summed E-state index contributed by atoms with van der Waals surface area (Å²) in [7, 11) is 1.63. The summed E-state index contributed by atoms with van der Waals surface area (Å²) in [6.07, 6.45) is 1.76. The van der Waals surface area contributed by atoms with E-state index in [0.717, 1.165) is 28.1 Å². The van der Waals surface area contributed by atoms with Gasteiger partial charge in [0.05, 0.1) is 24.6 Å². The molecule has 0 aliphatic carbocycles. The summed E-state index contributed by atoms with van der Waals surface area (Å²) in [5.41, 5.74) is 3.47. The van der Waals surface area contributed by atoms with E-state index in [0.29, 0.717) is 10.8 Å². The summed E-state index contributed by atoms with van der Waals surface area (Å²) < 4.78 is 19.2. The van der Waals surface area contributed by atoms with Crippen molar-refractivity contribution >= 4 is 17.5 Å². The highest BCUT2D eigenvalue weighted by Gasteiger charge is 2.12. The summed E-state index contributed by atoms with van der Waals surface area (Å²) in [5.74, 6) is 0.328. The number of carbonyl (C=O) groups is 1. The number of nitrogens with one attached hydrogen (secondary N) is 2. The molecule has 0 atom stereocenters. The van der Waals surface area contributed by atoms with Gasteiger partial charge in [-0.3, -0.25) is 4.79 Å². The number of benzene rings is 3. The van der Waals surface area contributed by atoms with Gasteiger partial charge in [-0.2, -0.15) is 0 Å². The van der Waals surface area contributed by atoms with Gasteiger partial charge in [0.25, 0.3) is 5.91 Å². The van der Waals surface area contributed by atoms with Crippen molar-refractivity contribution in [1.82, 2.24) is 15.3 Å². The van der Waals surface area contributed by atoms with Gasteiger partial charge in [-0.1, -0.05) is 41.9 Å². The summed E-state index contributed by atoms with van der Waals surface area (Å²) in [4.78, 5) is 20.1. The molecule has 0 saturated heterocycles. The Morgan fingerprint density at radius 2 is 1.90 bits per heavy atom. The molecule has 0 fully saturated rings. The first-order valence-corrected chi connectivity index (χ1v) is 9.93. The molecular weight excluding hydrogens is 417 g/mol. The van der Waals surface area contributed by atoms with Crippen LogP contribution in [0.2, 0.25) is 5.02 Å². The zero-order valence-electron chi connectivity index (χ0n) is 16.7. The number of methoxy groups -OCH3 is 1. The molecule has 2 N–H and O–H groups in total. The van der Waals surface area contributed by atoms with Crippen LogP contribution >= 0.6 is 11.6 Å². The van der Waals surface area contributed by atoms with Gasteiger partial charge in [-0.05, 0) is 42.0 Å². The number of rotatable bonds is 6. The molecule has 1 heterocycles. The van der Waals surface area contributed by atoms with E-state index in [1.165, 1.54) is 18.2 Å². The molecular formula is C24H19ClFN3O2. The number of aromatic nitrogens is 2. The fourth-order valence-corrected chi connectivity index (χ4v) is 3.35. The maximum absolute atomic E-state index is 13.9. The quantitative estimate of drug-likeness (QED) is 0.421. The van der Waals surface area contributed by atoms with Gasteiger partial charge < -0.3 is 15.0 Å². The van der Waals surface area contributed by atoms with E-state index in [2.05, 4.69) is 15.3 Å². The third kappa shape index (κ3) is 4.75. The van der Waals surface area contributed by atoms with Gasteiger partial charge in [-0.25, -0.2) is 9.37 Å². The number of aromatic amines is 1. The molecule has 7 heteroatoms. The summed E-state index contributed by atoms with van der Waals surface area (Å²) >= 11 is 5.87. The maximum Gasteiger partial charge on any atom is 0.254 e. The largest absolute Gasteiger partial charge is 0.497 e. The van der Waals surface area contributed by atoms with Crippen molar-refractivity contribution in [1.29, 1.82) is 0 Å². The minimum atomic E-state index is -0.615. The van der Waals surface area contributed by atoms with Crippen molar-refractivity contribution < 1.29 is 13.9 Å². The van der Waals surface area contributed by atoms with Crippen LogP contribution in [0.15, 0.2) is 72.9 Å². The van der Waals surface area contributed by atoms with Gasteiger partial charge >= 0.3 is 0 Å². The average molecular weight is 436 g/mol. The van der Waals surface area contributed by atoms with Gasteiger partial charge in [0.2, 0.25) is 0 Å². The second-order valence-electron chi connectivity index (χ2n) is 6.88. The SMILES string of the molecule is COc1cccc(-c2cnc(-c3cccc(CNC(=O)c4cc(Cl)ccc4F)c3)[nH]2)c1. The van der Waals surface area contributed by atoms with Crippen LogP contribution in [-0.2, 0) is 6.54 Å². The van der Waals surface area contributed by atoms with E-state index in [-0.39, 0.29) is 12.1 Å². The Labute approximate surface area is 183 Å². The number of carbonyl (C=O) groups excluding carboxylic acids is 1. The van der Waals surface area contributed by atoms with Gasteiger partial charge in [0, 0.05) is 22.7 Å². The number of nitrogens with zero attached hydrogens (tertiary/aromatic N) is 1. The van der Waals surface area contributed by atoms with E-state index in [4.69, 9.17) is 16.3 Å². The minimum Gasteiger partial charge on any atom is -0.497 e. The second-order valence-corrected chi connectivity index (χ2v) is 7.32. The molecule has 0 unspecified atom stereocenters. The second kappa shape index (κ2) is 9.02. The number of amides is 1. The standard InChI is InChI=1S/C24H19ClFN3O2/c1-31-19-7-3-5-16(11-19)22-14-27-23(29-22)17-6-2-4-15(10-17)13-28-24(30)20-12-18(25)8-9-21(20)26/h2-12,14H,13H2,1H3,(H,27,29)(H,28,30). The zero-order valence-corrected chi connectivity index (χ0v) is 17.4. The molecule has 0 aliphatic rings. The highest BCUT2D eigenvalue weighted by molar-refractivity contribution is 6.31. The molecule has 31 heavy (non-hydrogen) atoms. The lowest BCUT2D eigenvalue weighted by Crippen LogP contribution is -2.23. The lowest BCUT2D eigenvalue weighted by atomic mass is 10.1. The number of ether oxygens (including phenoxy) is 1. The van der Waals surface area contributed by atoms with Crippen LogP contribution in [0.5, 0.6) is 5.75 Å². The molecule has 0 spiro atoms. The topological polar surface area (TPSA) is 67.0 Å². The third-order valence-corrected chi connectivity index (χ3v) is 5.02. The Morgan fingerprint density at radius 3 is 2.74 bits per heavy atom. The van der Waals surface area contributed by atoms with Crippen LogP contribution in [-0.4, -0.2) is 23.0 Å². The first-order chi connectivity index (χ1) is 15.0. The number of H-pyrrole nitrogens is 1. The lowest BCUT2D eigenvalue weighted by molar-refractivity contribution is 0.0947. The molecule has 156 valence electrons. The molecule has 3 aromatic carbocycles. The molecule has 0 aliphatic heterocycles. The fourth-order valence-electron chi connectivity index (χ4n) is 3.18. The maximum atomic E-state index is 13.9.